The Hall–Kier alpha value is -1.72. The van der Waals surface area contributed by atoms with Crippen LogP contribution in [0.15, 0.2) is 36.5 Å². The highest BCUT2D eigenvalue weighted by molar-refractivity contribution is 5.84. The summed E-state index contributed by atoms with van der Waals surface area (Å²) >= 11 is 0. The van der Waals surface area contributed by atoms with Crippen LogP contribution in [-0.2, 0) is 9.59 Å². The Morgan fingerprint density at radius 1 is 1.28 bits per heavy atom. The zero-order chi connectivity index (χ0) is 18.7. The van der Waals surface area contributed by atoms with Crippen LogP contribution >= 0.6 is 0 Å². The number of aliphatic hydroxyl groups is 2. The minimum absolute atomic E-state index is 0.0395. The summed E-state index contributed by atoms with van der Waals surface area (Å²) in [5, 5.41) is 28.6. The minimum atomic E-state index is -0.806. The first-order valence-corrected chi connectivity index (χ1v) is 9.04. The third-order valence-electron chi connectivity index (χ3n) is 4.39. The van der Waals surface area contributed by atoms with Gasteiger partial charge in [-0.1, -0.05) is 43.4 Å². The van der Waals surface area contributed by atoms with Crippen LogP contribution in [0.25, 0.3) is 0 Å². The molecule has 1 saturated carbocycles. The van der Waals surface area contributed by atoms with Gasteiger partial charge < -0.3 is 15.3 Å². The summed E-state index contributed by atoms with van der Waals surface area (Å²) in [6.07, 6.45) is 13.3. The number of unbranched alkanes of at least 4 members (excludes halogenated alkanes) is 1. The van der Waals surface area contributed by atoms with Crippen molar-refractivity contribution in [2.24, 2.45) is 11.8 Å². The van der Waals surface area contributed by atoms with Gasteiger partial charge in [0, 0.05) is 24.7 Å². The summed E-state index contributed by atoms with van der Waals surface area (Å²) in [7, 11) is 0. The van der Waals surface area contributed by atoms with Gasteiger partial charge >= 0.3 is 5.97 Å². The van der Waals surface area contributed by atoms with Gasteiger partial charge in [0.05, 0.1) is 12.2 Å². The lowest BCUT2D eigenvalue weighted by atomic mass is 9.90. The van der Waals surface area contributed by atoms with Gasteiger partial charge in [-0.3, -0.25) is 9.59 Å². The quantitative estimate of drug-likeness (QED) is 0.393. The van der Waals surface area contributed by atoms with Crippen LogP contribution < -0.4 is 0 Å². The number of ketones is 1. The highest BCUT2D eigenvalue weighted by atomic mass is 16.4. The van der Waals surface area contributed by atoms with Crippen molar-refractivity contribution in [1.82, 2.24) is 0 Å². The van der Waals surface area contributed by atoms with E-state index < -0.39 is 18.2 Å². The lowest BCUT2D eigenvalue weighted by Gasteiger charge is -2.16. The summed E-state index contributed by atoms with van der Waals surface area (Å²) in [6, 6.07) is 0. The average Bonchev–Trinajstić information content (AvgIpc) is 2.82. The molecule has 0 aliphatic heterocycles. The molecule has 0 aromatic carbocycles. The first-order valence-electron chi connectivity index (χ1n) is 9.04. The molecule has 25 heavy (non-hydrogen) atoms. The van der Waals surface area contributed by atoms with Crippen LogP contribution in [0.1, 0.15) is 51.9 Å². The fourth-order valence-corrected chi connectivity index (χ4v) is 3.00. The molecule has 0 aromatic heterocycles. The molecule has 0 aromatic rings. The number of carboxylic acids is 1. The molecule has 5 heteroatoms. The molecule has 0 unspecified atom stereocenters. The third kappa shape index (κ3) is 8.27. The van der Waals surface area contributed by atoms with E-state index in [-0.39, 0.29) is 30.5 Å². The standard InChI is InChI=1S/C20H30O5/c1-2-3-6-9-15(21)12-13-17-16(18(22)14-19(17)23)10-7-4-5-8-11-20(24)25/h3-4,6-7,12-13,15-17,19,21,23H,2,5,8-11,14H2,1H3,(H,24,25)/b6-3-,7-4-,13-12+/t15-,16+,17+,19+/m0/s1. The number of carbonyl (C=O) groups excluding carboxylic acids is 1. The second-order valence-corrected chi connectivity index (χ2v) is 6.48. The van der Waals surface area contributed by atoms with Gasteiger partial charge in [0.2, 0.25) is 0 Å². The van der Waals surface area contributed by atoms with E-state index in [0.29, 0.717) is 25.7 Å². The fourth-order valence-electron chi connectivity index (χ4n) is 3.00. The highest BCUT2D eigenvalue weighted by Crippen LogP contribution is 2.33. The van der Waals surface area contributed by atoms with Crippen molar-refractivity contribution >= 4 is 11.8 Å². The Morgan fingerprint density at radius 3 is 2.72 bits per heavy atom. The van der Waals surface area contributed by atoms with E-state index in [1.807, 2.05) is 31.2 Å². The molecule has 0 heterocycles. The first kappa shape index (κ1) is 21.3. The van der Waals surface area contributed by atoms with E-state index in [0.717, 1.165) is 6.42 Å². The largest absolute Gasteiger partial charge is 0.481 e. The van der Waals surface area contributed by atoms with Crippen molar-refractivity contribution in [2.75, 3.05) is 0 Å². The minimum Gasteiger partial charge on any atom is -0.481 e. The molecule has 0 bridgehead atoms. The summed E-state index contributed by atoms with van der Waals surface area (Å²) < 4.78 is 0. The van der Waals surface area contributed by atoms with E-state index in [1.54, 1.807) is 12.2 Å². The maximum atomic E-state index is 12.1. The highest BCUT2D eigenvalue weighted by Gasteiger charge is 2.39. The van der Waals surface area contributed by atoms with Gasteiger partial charge in [0.25, 0.3) is 0 Å². The van der Waals surface area contributed by atoms with Gasteiger partial charge in [-0.05, 0) is 32.1 Å². The predicted molar refractivity (Wildman–Crippen MR) is 97.0 cm³/mol. The molecule has 5 nitrogen and oxygen atoms in total. The van der Waals surface area contributed by atoms with Crippen LogP contribution in [0.4, 0.5) is 0 Å². The Labute approximate surface area is 149 Å². The van der Waals surface area contributed by atoms with Gasteiger partial charge in [-0.2, -0.15) is 0 Å². The zero-order valence-electron chi connectivity index (χ0n) is 14.9. The topological polar surface area (TPSA) is 94.8 Å². The lowest BCUT2D eigenvalue weighted by Crippen LogP contribution is -2.18. The lowest BCUT2D eigenvalue weighted by molar-refractivity contribution is -0.137. The van der Waals surface area contributed by atoms with Crippen LogP contribution in [0.3, 0.4) is 0 Å². The molecule has 1 aliphatic carbocycles. The summed E-state index contributed by atoms with van der Waals surface area (Å²) in [6.45, 7) is 2.03. The summed E-state index contributed by atoms with van der Waals surface area (Å²) in [4.78, 5) is 22.5. The van der Waals surface area contributed by atoms with E-state index in [2.05, 4.69) is 0 Å². The van der Waals surface area contributed by atoms with Crippen molar-refractivity contribution in [3.8, 4) is 0 Å². The Morgan fingerprint density at radius 2 is 2.04 bits per heavy atom. The first-order chi connectivity index (χ1) is 12.0. The van der Waals surface area contributed by atoms with E-state index in [1.165, 1.54) is 0 Å². The van der Waals surface area contributed by atoms with Crippen molar-refractivity contribution in [2.45, 2.75) is 64.1 Å². The van der Waals surface area contributed by atoms with Crippen molar-refractivity contribution < 1.29 is 24.9 Å². The zero-order valence-corrected chi connectivity index (χ0v) is 14.9. The number of hydrogen-bond acceptors (Lipinski definition) is 4. The smallest absolute Gasteiger partial charge is 0.303 e. The molecule has 1 aliphatic rings. The number of carboxylic acid groups (broad SMARTS) is 1. The Bertz CT molecular complexity index is 506. The molecule has 0 saturated heterocycles. The third-order valence-corrected chi connectivity index (χ3v) is 4.39. The number of rotatable bonds is 11. The fraction of sp³-hybridized carbons (Fsp3) is 0.600. The molecule has 140 valence electrons. The number of Topliss-reactive ketones (excluding diaryl/α,β-unsaturated/α-hetero) is 1. The molecular formula is C20H30O5. The number of hydrogen-bond donors (Lipinski definition) is 3. The molecule has 0 amide bonds. The van der Waals surface area contributed by atoms with Crippen molar-refractivity contribution in [1.29, 1.82) is 0 Å². The average molecular weight is 350 g/mol. The van der Waals surface area contributed by atoms with Crippen molar-refractivity contribution in [3.63, 3.8) is 0 Å². The van der Waals surface area contributed by atoms with Gasteiger partial charge in [-0.15, -0.1) is 0 Å². The second-order valence-electron chi connectivity index (χ2n) is 6.48. The summed E-state index contributed by atoms with van der Waals surface area (Å²) in [5.74, 6) is -1.32. The molecule has 1 fully saturated rings. The SMILES string of the molecule is CC/C=C\C[C@H](O)/C=C/[C@H]1[C@H](O)CC(=O)[C@@H]1C/C=C\CCCC(=O)O. The molecule has 4 atom stereocenters. The van der Waals surface area contributed by atoms with Crippen LogP contribution in [0.5, 0.6) is 0 Å². The Balaban J connectivity index is 2.52. The van der Waals surface area contributed by atoms with Crippen LogP contribution in [0, 0.1) is 11.8 Å². The number of aliphatic carboxylic acids is 1. The van der Waals surface area contributed by atoms with E-state index >= 15 is 0 Å². The van der Waals surface area contributed by atoms with Crippen molar-refractivity contribution in [3.05, 3.63) is 36.5 Å². The maximum Gasteiger partial charge on any atom is 0.303 e. The number of allylic oxidation sites excluding steroid dienone is 3. The monoisotopic (exact) mass is 350 g/mol. The molecule has 1 rings (SSSR count). The Kier molecular flexibility index (Phi) is 10.0. The van der Waals surface area contributed by atoms with Gasteiger partial charge in [0.1, 0.15) is 5.78 Å². The van der Waals surface area contributed by atoms with Gasteiger partial charge in [-0.25, -0.2) is 0 Å². The number of carbonyl (C=O) groups is 2. The molecule has 3 N–H and O–H groups in total. The second kappa shape index (κ2) is 11.8. The van der Waals surface area contributed by atoms with E-state index in [9.17, 15) is 19.8 Å². The van der Waals surface area contributed by atoms with Gasteiger partial charge in [0.15, 0.2) is 0 Å². The summed E-state index contributed by atoms with van der Waals surface area (Å²) in [5.41, 5.74) is 0. The maximum absolute atomic E-state index is 12.1. The van der Waals surface area contributed by atoms with Crippen LogP contribution in [0.2, 0.25) is 0 Å². The van der Waals surface area contributed by atoms with Crippen LogP contribution in [-0.4, -0.2) is 39.3 Å². The molecular weight excluding hydrogens is 320 g/mol. The predicted octanol–water partition coefficient (Wildman–Crippen LogP) is 3.03. The molecule has 0 radical (unpaired) electrons. The van der Waals surface area contributed by atoms with E-state index in [4.69, 9.17) is 5.11 Å². The number of aliphatic hydroxyl groups excluding tert-OH is 2. The normalized spacial score (nSPS) is 25.6. The molecule has 0 spiro atoms.